The molecule has 0 spiro atoms. The summed E-state index contributed by atoms with van der Waals surface area (Å²) >= 11 is 1.49. The highest BCUT2D eigenvalue weighted by atomic mass is 32.1. The largest absolute Gasteiger partial charge is 0.494 e. The third-order valence-corrected chi connectivity index (χ3v) is 4.91. The fourth-order valence-electron chi connectivity index (χ4n) is 2.66. The number of nitrogens with zero attached hydrogens (tertiary/aromatic N) is 2. The van der Waals surface area contributed by atoms with Crippen LogP contribution in [0.5, 0.6) is 5.75 Å². The molecule has 2 aromatic carbocycles. The van der Waals surface area contributed by atoms with Crippen molar-refractivity contribution in [3.63, 3.8) is 0 Å². The maximum absolute atomic E-state index is 5.99. The molecule has 0 bridgehead atoms. The molecule has 3 rings (SSSR count). The van der Waals surface area contributed by atoms with Gasteiger partial charge in [0.2, 0.25) is 0 Å². The van der Waals surface area contributed by atoms with Crippen LogP contribution >= 0.6 is 11.3 Å². The van der Waals surface area contributed by atoms with E-state index < -0.39 is 0 Å². The molecule has 0 aliphatic heterocycles. The van der Waals surface area contributed by atoms with Crippen LogP contribution in [0.25, 0.3) is 11.3 Å². The first-order valence-corrected chi connectivity index (χ1v) is 10.4. The number of rotatable bonds is 10. The summed E-state index contributed by atoms with van der Waals surface area (Å²) in [6.45, 7) is 1.96. The lowest BCUT2D eigenvalue weighted by molar-refractivity contribution is 0.184. The zero-order valence-corrected chi connectivity index (χ0v) is 17.3. The fraction of sp³-hybridized carbons (Fsp3) is 0.273. The van der Waals surface area contributed by atoms with Gasteiger partial charge in [-0.25, -0.2) is 9.98 Å². The van der Waals surface area contributed by atoms with E-state index in [0.717, 1.165) is 42.0 Å². The number of benzene rings is 2. The molecule has 0 atom stereocenters. The Hall–Kier alpha value is -2.90. The third kappa shape index (κ3) is 6.89. The van der Waals surface area contributed by atoms with Crippen molar-refractivity contribution in [3.8, 4) is 17.0 Å². The third-order valence-electron chi connectivity index (χ3n) is 4.16. The number of methoxy groups -OCH3 is 1. The standard InChI is InChI=1S/C22H26N4O2S/c1-27-12-5-6-13-28-19-11-7-10-18(14-19)20-16-29-22(25-20)26-21(23)24-15-17-8-3-2-4-9-17/h2-4,7-11,14,16H,5-6,12-13,15H2,1H3,(H3,23,24,25,26). The predicted molar refractivity (Wildman–Crippen MR) is 120 cm³/mol. The van der Waals surface area contributed by atoms with E-state index in [1.54, 1.807) is 7.11 Å². The maximum atomic E-state index is 5.99. The van der Waals surface area contributed by atoms with Crippen molar-refractivity contribution in [1.82, 2.24) is 4.98 Å². The molecule has 0 unspecified atom stereocenters. The number of aromatic nitrogens is 1. The van der Waals surface area contributed by atoms with Gasteiger partial charge in [-0.2, -0.15) is 0 Å². The van der Waals surface area contributed by atoms with Gasteiger partial charge < -0.3 is 20.5 Å². The Balaban J connectivity index is 1.56. The molecule has 0 radical (unpaired) electrons. The molecule has 3 aromatic rings. The van der Waals surface area contributed by atoms with E-state index in [1.807, 2.05) is 60.0 Å². The maximum Gasteiger partial charge on any atom is 0.195 e. The van der Waals surface area contributed by atoms with Gasteiger partial charge in [0.1, 0.15) is 5.75 Å². The van der Waals surface area contributed by atoms with Gasteiger partial charge in [-0.1, -0.05) is 42.5 Å². The van der Waals surface area contributed by atoms with Crippen LogP contribution in [-0.4, -0.2) is 31.3 Å². The topological polar surface area (TPSA) is 81.8 Å². The van der Waals surface area contributed by atoms with E-state index >= 15 is 0 Å². The van der Waals surface area contributed by atoms with Gasteiger partial charge in [-0.3, -0.25) is 0 Å². The summed E-state index contributed by atoms with van der Waals surface area (Å²) in [6, 6.07) is 17.9. The zero-order chi connectivity index (χ0) is 20.3. The van der Waals surface area contributed by atoms with Crippen molar-refractivity contribution in [3.05, 3.63) is 65.5 Å². The van der Waals surface area contributed by atoms with Crippen LogP contribution in [0.3, 0.4) is 0 Å². The van der Waals surface area contributed by atoms with E-state index in [2.05, 4.69) is 15.3 Å². The molecular weight excluding hydrogens is 384 g/mol. The second-order valence-electron chi connectivity index (χ2n) is 6.43. The highest BCUT2D eigenvalue weighted by Gasteiger charge is 2.07. The molecule has 3 N–H and O–H groups in total. The Morgan fingerprint density at radius 2 is 1.93 bits per heavy atom. The van der Waals surface area contributed by atoms with Crippen molar-refractivity contribution in [2.75, 3.05) is 25.6 Å². The van der Waals surface area contributed by atoms with Crippen LogP contribution in [-0.2, 0) is 11.3 Å². The number of nitrogens with one attached hydrogen (secondary N) is 1. The molecule has 7 heteroatoms. The van der Waals surface area contributed by atoms with Crippen LogP contribution < -0.4 is 15.8 Å². The lowest BCUT2D eigenvalue weighted by atomic mass is 10.2. The van der Waals surface area contributed by atoms with Crippen molar-refractivity contribution in [2.24, 2.45) is 10.7 Å². The number of guanidine groups is 1. The fourth-order valence-corrected chi connectivity index (χ4v) is 3.38. The van der Waals surface area contributed by atoms with Crippen LogP contribution in [0, 0.1) is 0 Å². The summed E-state index contributed by atoms with van der Waals surface area (Å²) in [5.41, 5.74) is 8.98. The predicted octanol–water partition coefficient (Wildman–Crippen LogP) is 4.54. The molecule has 152 valence electrons. The van der Waals surface area contributed by atoms with Crippen LogP contribution in [0.2, 0.25) is 0 Å². The summed E-state index contributed by atoms with van der Waals surface area (Å²) in [5.74, 6) is 1.19. The Morgan fingerprint density at radius 3 is 2.76 bits per heavy atom. The number of unbranched alkanes of at least 4 members (excludes halogenated alkanes) is 1. The molecule has 0 saturated heterocycles. The average molecular weight is 411 g/mol. The summed E-state index contributed by atoms with van der Waals surface area (Å²) in [7, 11) is 1.71. The first-order valence-electron chi connectivity index (χ1n) is 9.53. The van der Waals surface area contributed by atoms with Gasteiger partial charge in [-0.05, 0) is 30.5 Å². The number of thiazole rings is 1. The van der Waals surface area contributed by atoms with E-state index in [1.165, 1.54) is 11.3 Å². The van der Waals surface area contributed by atoms with Crippen LogP contribution in [0.1, 0.15) is 18.4 Å². The molecule has 0 aliphatic rings. The summed E-state index contributed by atoms with van der Waals surface area (Å²) in [6.07, 6.45) is 1.95. The van der Waals surface area contributed by atoms with E-state index in [-0.39, 0.29) is 0 Å². The number of aliphatic imine (C=N–C) groups is 1. The average Bonchev–Trinajstić information content (AvgIpc) is 3.21. The number of hydrogen-bond acceptors (Lipinski definition) is 5. The highest BCUT2D eigenvalue weighted by molar-refractivity contribution is 7.14. The zero-order valence-electron chi connectivity index (χ0n) is 16.5. The number of hydrogen-bond donors (Lipinski definition) is 2. The van der Waals surface area contributed by atoms with Crippen molar-refractivity contribution < 1.29 is 9.47 Å². The van der Waals surface area contributed by atoms with Crippen molar-refractivity contribution in [1.29, 1.82) is 0 Å². The van der Waals surface area contributed by atoms with Crippen molar-refractivity contribution in [2.45, 2.75) is 19.4 Å². The molecule has 6 nitrogen and oxygen atoms in total. The van der Waals surface area contributed by atoms with Crippen LogP contribution in [0.15, 0.2) is 65.0 Å². The molecule has 1 aromatic heterocycles. The Kier molecular flexibility index (Phi) is 8.03. The monoisotopic (exact) mass is 410 g/mol. The van der Waals surface area contributed by atoms with Gasteiger partial charge in [0, 0.05) is 24.7 Å². The Morgan fingerprint density at radius 1 is 1.10 bits per heavy atom. The van der Waals surface area contributed by atoms with Gasteiger partial charge in [0.25, 0.3) is 0 Å². The molecule has 1 heterocycles. The lowest BCUT2D eigenvalue weighted by Crippen LogP contribution is -2.22. The Labute approximate surface area is 175 Å². The second kappa shape index (κ2) is 11.2. The normalized spacial score (nSPS) is 11.4. The van der Waals surface area contributed by atoms with Gasteiger partial charge in [0.15, 0.2) is 11.1 Å². The van der Waals surface area contributed by atoms with Gasteiger partial charge in [0.05, 0.1) is 18.8 Å². The molecule has 0 saturated carbocycles. The SMILES string of the molecule is COCCCCOc1cccc(-c2csc(NC(N)=NCc3ccccc3)n2)c1. The minimum absolute atomic E-state index is 0.350. The highest BCUT2D eigenvalue weighted by Crippen LogP contribution is 2.27. The van der Waals surface area contributed by atoms with Crippen molar-refractivity contribution >= 4 is 22.4 Å². The molecule has 0 fully saturated rings. The lowest BCUT2D eigenvalue weighted by Gasteiger charge is -2.07. The quantitative estimate of drug-likeness (QED) is 0.291. The first-order chi connectivity index (χ1) is 14.2. The summed E-state index contributed by atoms with van der Waals surface area (Å²) in [5, 5.41) is 5.76. The molecule has 0 amide bonds. The van der Waals surface area contributed by atoms with E-state index in [9.17, 15) is 0 Å². The number of ether oxygens (including phenoxy) is 2. The second-order valence-corrected chi connectivity index (χ2v) is 7.28. The first kappa shape index (κ1) is 20.8. The molecule has 29 heavy (non-hydrogen) atoms. The minimum atomic E-state index is 0.350. The molecule has 0 aliphatic carbocycles. The van der Waals surface area contributed by atoms with Crippen LogP contribution in [0.4, 0.5) is 5.13 Å². The van der Waals surface area contributed by atoms with Gasteiger partial charge >= 0.3 is 0 Å². The minimum Gasteiger partial charge on any atom is -0.494 e. The smallest absolute Gasteiger partial charge is 0.195 e. The number of nitrogens with two attached hydrogens (primary N) is 1. The summed E-state index contributed by atoms with van der Waals surface area (Å²) < 4.78 is 10.9. The van der Waals surface area contributed by atoms with E-state index in [4.69, 9.17) is 15.2 Å². The van der Waals surface area contributed by atoms with Gasteiger partial charge in [-0.15, -0.1) is 11.3 Å². The summed E-state index contributed by atoms with van der Waals surface area (Å²) in [4.78, 5) is 8.97. The Bertz CT molecular complexity index is 912. The van der Waals surface area contributed by atoms with E-state index in [0.29, 0.717) is 24.2 Å². The molecular formula is C22H26N4O2S. The number of anilines is 1.